The van der Waals surface area contributed by atoms with Gasteiger partial charge in [0.1, 0.15) is 17.3 Å². The first-order valence-corrected chi connectivity index (χ1v) is 11.4. The fraction of sp³-hybridized carbons (Fsp3) is 0.333. The molecule has 4 heterocycles. The zero-order valence-corrected chi connectivity index (χ0v) is 19.6. The number of fused-ring (bicyclic) bond motifs is 1. The van der Waals surface area contributed by atoms with Gasteiger partial charge in [-0.15, -0.1) is 0 Å². The van der Waals surface area contributed by atoms with Crippen LogP contribution >= 0.6 is 0 Å². The van der Waals surface area contributed by atoms with Crippen molar-refractivity contribution in [2.24, 2.45) is 0 Å². The lowest BCUT2D eigenvalue weighted by Gasteiger charge is -2.21. The second-order valence-corrected chi connectivity index (χ2v) is 8.10. The molecule has 0 amide bonds. The van der Waals surface area contributed by atoms with Gasteiger partial charge in [-0.3, -0.25) is 0 Å². The molecule has 0 saturated heterocycles. The van der Waals surface area contributed by atoms with E-state index in [1.54, 1.807) is 0 Å². The molecule has 0 atom stereocenters. The predicted octanol–water partition coefficient (Wildman–Crippen LogP) is 6.26. The van der Waals surface area contributed by atoms with E-state index in [0.29, 0.717) is 17.9 Å². The Hall–Kier alpha value is -3.90. The zero-order valence-electron chi connectivity index (χ0n) is 19.6. The third-order valence-corrected chi connectivity index (χ3v) is 5.42. The monoisotopic (exact) mass is 524 g/mol. The van der Waals surface area contributed by atoms with Crippen LogP contribution in [0.25, 0.3) is 6.08 Å². The zero-order chi connectivity index (χ0) is 26.6. The summed E-state index contributed by atoms with van der Waals surface area (Å²) in [6, 6.07) is 4.26. The number of nitrogens with zero attached hydrogens (tertiary/aromatic N) is 5. The van der Waals surface area contributed by atoms with Crippen molar-refractivity contribution in [1.29, 1.82) is 0 Å². The number of unbranched alkanes of at least 4 members (excludes halogenated alkanes) is 1. The normalized spacial score (nSPS) is 13.8. The average Bonchev–Trinajstić information content (AvgIpc) is 3.06. The molecule has 13 heteroatoms. The van der Waals surface area contributed by atoms with Crippen LogP contribution in [0.15, 0.2) is 42.9 Å². The average molecular weight is 524 g/mol. The number of halogens is 6. The minimum atomic E-state index is -4.60. The molecule has 0 unspecified atom stereocenters. The van der Waals surface area contributed by atoms with Gasteiger partial charge in [0, 0.05) is 30.9 Å². The minimum Gasteiger partial charge on any atom is -0.463 e. The lowest BCUT2D eigenvalue weighted by atomic mass is 10.1. The van der Waals surface area contributed by atoms with E-state index in [0.717, 1.165) is 31.2 Å². The van der Waals surface area contributed by atoms with Crippen LogP contribution in [-0.4, -0.2) is 33.1 Å². The van der Waals surface area contributed by atoms with Crippen LogP contribution in [0.4, 0.5) is 43.7 Å². The molecule has 1 aliphatic heterocycles. The van der Waals surface area contributed by atoms with Crippen LogP contribution in [0.5, 0.6) is 6.01 Å². The van der Waals surface area contributed by atoms with Gasteiger partial charge in [-0.1, -0.05) is 13.3 Å². The highest BCUT2D eigenvalue weighted by molar-refractivity contribution is 5.72. The number of rotatable bonds is 7. The highest BCUT2D eigenvalue weighted by Crippen LogP contribution is 2.37. The highest BCUT2D eigenvalue weighted by Gasteiger charge is 2.36. The Morgan fingerprint density at radius 2 is 1.84 bits per heavy atom. The van der Waals surface area contributed by atoms with E-state index in [9.17, 15) is 26.3 Å². The smallest absolute Gasteiger partial charge is 0.433 e. The van der Waals surface area contributed by atoms with E-state index >= 15 is 0 Å². The van der Waals surface area contributed by atoms with Crippen molar-refractivity contribution in [3.8, 4) is 6.01 Å². The molecule has 1 N–H and O–H groups in total. The molecule has 0 saturated carbocycles. The minimum absolute atomic E-state index is 0.0465. The van der Waals surface area contributed by atoms with Gasteiger partial charge in [-0.2, -0.15) is 36.3 Å². The van der Waals surface area contributed by atoms with Gasteiger partial charge in [0.05, 0.1) is 29.7 Å². The summed E-state index contributed by atoms with van der Waals surface area (Å²) in [4.78, 5) is 17.5. The third kappa shape index (κ3) is 6.27. The van der Waals surface area contributed by atoms with Gasteiger partial charge in [0.25, 0.3) is 0 Å². The van der Waals surface area contributed by atoms with Crippen molar-refractivity contribution in [2.45, 2.75) is 38.5 Å². The Kier molecular flexibility index (Phi) is 7.50. The molecule has 4 rings (SSSR count). The van der Waals surface area contributed by atoms with E-state index in [-0.39, 0.29) is 36.3 Å². The Bertz CT molecular complexity index is 1260. The number of nitrogens with one attached hydrogen (secondary N) is 1. The summed E-state index contributed by atoms with van der Waals surface area (Å²) in [5.74, 6) is -0.0406. The van der Waals surface area contributed by atoms with E-state index in [1.807, 2.05) is 6.92 Å². The second-order valence-electron chi connectivity index (χ2n) is 8.10. The van der Waals surface area contributed by atoms with Crippen LogP contribution in [-0.2, 0) is 18.8 Å². The number of pyridine rings is 2. The Morgan fingerprint density at radius 1 is 1.03 bits per heavy atom. The Balaban J connectivity index is 1.69. The predicted molar refractivity (Wildman–Crippen MR) is 124 cm³/mol. The number of aromatic nitrogens is 4. The van der Waals surface area contributed by atoms with Crippen LogP contribution < -0.4 is 15.0 Å². The van der Waals surface area contributed by atoms with Gasteiger partial charge in [0.15, 0.2) is 0 Å². The summed E-state index contributed by atoms with van der Waals surface area (Å²) in [5.41, 5.74) is -0.752. The molecule has 3 aromatic heterocycles. The fourth-order valence-electron chi connectivity index (χ4n) is 3.59. The van der Waals surface area contributed by atoms with Crippen LogP contribution in [0.2, 0.25) is 0 Å². The van der Waals surface area contributed by atoms with Gasteiger partial charge < -0.3 is 15.0 Å². The molecule has 0 spiro atoms. The van der Waals surface area contributed by atoms with Crippen LogP contribution in [0, 0.1) is 0 Å². The molecule has 0 radical (unpaired) electrons. The summed E-state index contributed by atoms with van der Waals surface area (Å²) in [7, 11) is 0. The van der Waals surface area contributed by atoms with E-state index in [4.69, 9.17) is 4.74 Å². The molecular formula is C24H22F6N6O. The fourth-order valence-corrected chi connectivity index (χ4v) is 3.59. The van der Waals surface area contributed by atoms with Gasteiger partial charge in [-0.05, 0) is 36.8 Å². The van der Waals surface area contributed by atoms with Crippen molar-refractivity contribution in [1.82, 2.24) is 19.9 Å². The first-order valence-electron chi connectivity index (χ1n) is 11.4. The summed E-state index contributed by atoms with van der Waals surface area (Å²) in [6.45, 7) is 2.47. The lowest BCUT2D eigenvalue weighted by Crippen LogP contribution is -2.23. The maximum absolute atomic E-state index is 13.6. The molecular weight excluding hydrogens is 502 g/mol. The number of anilines is 3. The number of alkyl halides is 6. The van der Waals surface area contributed by atoms with Crippen molar-refractivity contribution in [3.05, 3.63) is 65.4 Å². The summed E-state index contributed by atoms with van der Waals surface area (Å²) >= 11 is 0. The van der Waals surface area contributed by atoms with Crippen molar-refractivity contribution >= 4 is 23.4 Å². The highest BCUT2D eigenvalue weighted by atomic mass is 19.4. The van der Waals surface area contributed by atoms with Crippen LogP contribution in [0.3, 0.4) is 0 Å². The molecule has 0 fully saturated rings. The lowest BCUT2D eigenvalue weighted by molar-refractivity contribution is -0.141. The largest absolute Gasteiger partial charge is 0.463 e. The van der Waals surface area contributed by atoms with E-state index in [2.05, 4.69) is 25.3 Å². The molecule has 0 aromatic carbocycles. The number of ether oxygens (including phenoxy) is 1. The van der Waals surface area contributed by atoms with Crippen LogP contribution in [0.1, 0.15) is 42.3 Å². The maximum atomic E-state index is 13.6. The standard InChI is InChI=1S/C24H22F6N6O/c1-2-3-13-37-22-34-18-9-12-36(21-17(23(25,26)27)5-4-10-31-21)11-8-16(18)20(35-22)33-15-6-7-19(32-14-15)24(28,29)30/h4-8,10-11,14H,2-3,9,12-13H2,1H3,(H,33,34,35). The van der Waals surface area contributed by atoms with Crippen molar-refractivity contribution in [3.63, 3.8) is 0 Å². The van der Waals surface area contributed by atoms with Gasteiger partial charge >= 0.3 is 18.4 Å². The quantitative estimate of drug-likeness (QED) is 0.289. The third-order valence-electron chi connectivity index (χ3n) is 5.42. The molecule has 1 aliphatic rings. The number of hydrogen-bond acceptors (Lipinski definition) is 7. The molecule has 3 aromatic rings. The molecule has 7 nitrogen and oxygen atoms in total. The summed E-state index contributed by atoms with van der Waals surface area (Å²) in [5, 5.41) is 2.93. The van der Waals surface area contributed by atoms with Crippen molar-refractivity contribution < 1.29 is 31.1 Å². The Morgan fingerprint density at radius 3 is 2.51 bits per heavy atom. The molecule has 196 valence electrons. The number of hydrogen-bond donors (Lipinski definition) is 1. The SMILES string of the molecule is CCCCOc1nc2c(c(Nc3ccc(C(F)(F)F)nc3)n1)C=CN(c1ncccc1C(F)(F)F)CC2. The van der Waals surface area contributed by atoms with Crippen molar-refractivity contribution in [2.75, 3.05) is 23.4 Å². The van der Waals surface area contributed by atoms with E-state index < -0.39 is 23.6 Å². The summed E-state index contributed by atoms with van der Waals surface area (Å²) in [6.07, 6.45) is -2.06. The molecule has 37 heavy (non-hydrogen) atoms. The Labute approximate surface area is 208 Å². The second kappa shape index (κ2) is 10.6. The first-order chi connectivity index (χ1) is 17.6. The first kappa shape index (κ1) is 26.2. The topological polar surface area (TPSA) is 76.1 Å². The maximum Gasteiger partial charge on any atom is 0.433 e. The van der Waals surface area contributed by atoms with E-state index in [1.165, 1.54) is 35.5 Å². The van der Waals surface area contributed by atoms with Gasteiger partial charge in [0.2, 0.25) is 0 Å². The van der Waals surface area contributed by atoms with Gasteiger partial charge in [-0.25, -0.2) is 9.97 Å². The molecule has 0 aliphatic carbocycles. The molecule has 0 bridgehead atoms. The summed E-state index contributed by atoms with van der Waals surface area (Å²) < 4.78 is 85.0.